The molecule has 3 aliphatic carbocycles. The predicted molar refractivity (Wildman–Crippen MR) is 110 cm³/mol. The van der Waals surface area contributed by atoms with Crippen molar-refractivity contribution in [2.75, 3.05) is 7.11 Å². The minimum atomic E-state index is -4.97. The Hall–Kier alpha value is -2.34. The molecule has 2 aromatic rings. The fraction of sp³-hybridized carbons (Fsp3) is 0.480. The van der Waals surface area contributed by atoms with Crippen LogP contribution in [0, 0.1) is 17.3 Å². The molecule has 0 heterocycles. The molecule has 0 radical (unpaired) electrons. The van der Waals surface area contributed by atoms with E-state index < -0.39 is 23.9 Å². The summed E-state index contributed by atoms with van der Waals surface area (Å²) in [5.74, 6) is -0.997. The third-order valence-corrected chi connectivity index (χ3v) is 7.51. The number of fused-ring (bicyclic) bond motifs is 2. The molecule has 0 aliphatic heterocycles. The molecule has 0 amide bonds. The maximum absolute atomic E-state index is 14.3. The maximum atomic E-state index is 14.3. The molecule has 5 atom stereocenters. The molecule has 31 heavy (non-hydrogen) atoms. The molecule has 0 N–H and O–H groups in total. The average Bonchev–Trinajstić information content (AvgIpc) is 2.74. The van der Waals surface area contributed by atoms with Crippen LogP contribution >= 0.6 is 0 Å². The van der Waals surface area contributed by atoms with E-state index in [0.717, 1.165) is 19.1 Å². The quantitative estimate of drug-likeness (QED) is 0.556. The standard InChI is InChI=1S/C25H27F3O3/c1-23(2)18-14-19(23)21(16-10-6-4-7-11-16)20(15-18)31-22(29)24(30-3,25(26,27)28)17-12-8-5-9-13-17/h4-13,18-21H,14-15H2,1-3H3/t18-,19+,20+,21+,24-/m0/s1. The van der Waals surface area contributed by atoms with Crippen molar-refractivity contribution in [3.63, 3.8) is 0 Å². The number of hydrogen-bond acceptors (Lipinski definition) is 3. The molecule has 2 bridgehead atoms. The van der Waals surface area contributed by atoms with Gasteiger partial charge in [-0.05, 0) is 35.7 Å². The predicted octanol–water partition coefficient (Wildman–Crippen LogP) is 5.85. The van der Waals surface area contributed by atoms with E-state index in [4.69, 9.17) is 9.47 Å². The Morgan fingerprint density at radius 1 is 0.968 bits per heavy atom. The second-order valence-corrected chi connectivity index (χ2v) is 9.23. The topological polar surface area (TPSA) is 35.5 Å². The van der Waals surface area contributed by atoms with Crippen LogP contribution in [0.15, 0.2) is 60.7 Å². The largest absolute Gasteiger partial charge is 0.459 e. The SMILES string of the molecule is CO[C@](C(=O)O[C@@H]1C[C@@H]2C[C@H]([C@H]1c1ccccc1)C2(C)C)(c1ccccc1)C(F)(F)F. The first-order valence-corrected chi connectivity index (χ1v) is 10.6. The lowest BCUT2D eigenvalue weighted by molar-refractivity contribution is -0.281. The van der Waals surface area contributed by atoms with Crippen LogP contribution in [0.3, 0.4) is 0 Å². The Balaban J connectivity index is 1.70. The highest BCUT2D eigenvalue weighted by Crippen LogP contribution is 2.64. The summed E-state index contributed by atoms with van der Waals surface area (Å²) in [7, 11) is 0.901. The molecule has 0 saturated heterocycles. The average molecular weight is 432 g/mol. The third-order valence-electron chi connectivity index (χ3n) is 7.51. The Morgan fingerprint density at radius 2 is 1.55 bits per heavy atom. The normalized spacial score (nSPS) is 28.8. The molecule has 3 nitrogen and oxygen atoms in total. The Morgan fingerprint density at radius 3 is 2.06 bits per heavy atom. The Kier molecular flexibility index (Phi) is 5.41. The number of halogens is 3. The number of rotatable bonds is 5. The molecular formula is C25H27F3O3. The molecule has 0 spiro atoms. The zero-order valence-corrected chi connectivity index (χ0v) is 17.9. The van der Waals surface area contributed by atoms with Crippen LogP contribution in [0.1, 0.15) is 43.7 Å². The van der Waals surface area contributed by atoms with Gasteiger partial charge in [0.1, 0.15) is 6.10 Å². The third kappa shape index (κ3) is 3.36. The van der Waals surface area contributed by atoms with Gasteiger partial charge in [-0.1, -0.05) is 74.5 Å². The molecule has 0 unspecified atom stereocenters. The zero-order chi connectivity index (χ0) is 22.4. The van der Waals surface area contributed by atoms with Crippen LogP contribution in [-0.4, -0.2) is 25.4 Å². The molecule has 166 valence electrons. The summed E-state index contributed by atoms with van der Waals surface area (Å²) < 4.78 is 53.4. The summed E-state index contributed by atoms with van der Waals surface area (Å²) in [5, 5.41) is 0. The van der Waals surface area contributed by atoms with Crippen molar-refractivity contribution in [1.82, 2.24) is 0 Å². The number of esters is 1. The van der Waals surface area contributed by atoms with Crippen molar-refractivity contribution in [2.45, 2.75) is 50.5 Å². The van der Waals surface area contributed by atoms with Gasteiger partial charge in [-0.15, -0.1) is 0 Å². The van der Waals surface area contributed by atoms with Gasteiger partial charge in [-0.2, -0.15) is 13.2 Å². The van der Waals surface area contributed by atoms with Gasteiger partial charge < -0.3 is 9.47 Å². The van der Waals surface area contributed by atoms with Crippen LogP contribution < -0.4 is 0 Å². The van der Waals surface area contributed by atoms with E-state index in [9.17, 15) is 18.0 Å². The highest BCUT2D eigenvalue weighted by atomic mass is 19.4. The first-order chi connectivity index (χ1) is 14.6. The van der Waals surface area contributed by atoms with Gasteiger partial charge in [0.25, 0.3) is 5.60 Å². The number of ether oxygens (including phenoxy) is 2. The summed E-state index contributed by atoms with van der Waals surface area (Å²) in [6.45, 7) is 4.39. The van der Waals surface area contributed by atoms with Crippen molar-refractivity contribution >= 4 is 5.97 Å². The summed E-state index contributed by atoms with van der Waals surface area (Å²) in [5.41, 5.74) is -2.39. The van der Waals surface area contributed by atoms with Gasteiger partial charge in [0.05, 0.1) is 0 Å². The van der Waals surface area contributed by atoms with Gasteiger partial charge in [-0.25, -0.2) is 4.79 Å². The molecule has 0 aromatic heterocycles. The van der Waals surface area contributed by atoms with Gasteiger partial charge in [0.15, 0.2) is 0 Å². The second-order valence-electron chi connectivity index (χ2n) is 9.23. The van der Waals surface area contributed by atoms with Gasteiger partial charge in [0, 0.05) is 18.6 Å². The first kappa shape index (κ1) is 21.9. The van der Waals surface area contributed by atoms with Crippen LogP contribution in [0.5, 0.6) is 0 Å². The van der Waals surface area contributed by atoms with Crippen molar-refractivity contribution < 1.29 is 27.4 Å². The van der Waals surface area contributed by atoms with E-state index in [-0.39, 0.29) is 22.8 Å². The molecular weight excluding hydrogens is 405 g/mol. The Bertz CT molecular complexity index is 926. The van der Waals surface area contributed by atoms with Crippen LogP contribution in [0.4, 0.5) is 13.2 Å². The minimum Gasteiger partial charge on any atom is -0.459 e. The number of methoxy groups -OCH3 is 1. The highest BCUT2D eigenvalue weighted by Gasteiger charge is 2.66. The van der Waals surface area contributed by atoms with E-state index in [1.165, 1.54) is 24.3 Å². The van der Waals surface area contributed by atoms with Crippen molar-refractivity contribution in [1.29, 1.82) is 0 Å². The molecule has 6 heteroatoms. The molecule has 3 aliphatic rings. The molecule has 5 rings (SSSR count). The highest BCUT2D eigenvalue weighted by molar-refractivity contribution is 5.83. The van der Waals surface area contributed by atoms with Gasteiger partial charge >= 0.3 is 12.1 Å². The second kappa shape index (κ2) is 7.66. The number of carbonyl (C=O) groups excluding carboxylic acids is 1. The lowest BCUT2D eigenvalue weighted by Crippen LogP contribution is -2.59. The van der Waals surface area contributed by atoms with E-state index >= 15 is 0 Å². The first-order valence-electron chi connectivity index (χ1n) is 10.6. The molecule has 3 saturated carbocycles. The maximum Gasteiger partial charge on any atom is 0.432 e. The number of benzene rings is 2. The summed E-state index contributed by atoms with van der Waals surface area (Å²) >= 11 is 0. The van der Waals surface area contributed by atoms with Crippen LogP contribution in [0.25, 0.3) is 0 Å². The minimum absolute atomic E-state index is 0.0607. The van der Waals surface area contributed by atoms with E-state index in [0.29, 0.717) is 12.3 Å². The van der Waals surface area contributed by atoms with Crippen molar-refractivity contribution in [3.05, 3.63) is 71.8 Å². The fourth-order valence-corrected chi connectivity index (χ4v) is 5.60. The van der Waals surface area contributed by atoms with Gasteiger partial charge in [-0.3, -0.25) is 0 Å². The monoisotopic (exact) mass is 432 g/mol. The van der Waals surface area contributed by atoms with Crippen molar-refractivity contribution in [3.8, 4) is 0 Å². The number of hydrogen-bond donors (Lipinski definition) is 0. The van der Waals surface area contributed by atoms with Crippen molar-refractivity contribution in [2.24, 2.45) is 17.3 Å². The Labute approximate surface area is 180 Å². The lowest BCUT2D eigenvalue weighted by atomic mass is 9.44. The van der Waals surface area contributed by atoms with E-state index in [2.05, 4.69) is 13.8 Å². The number of alkyl halides is 3. The molecule has 2 aromatic carbocycles. The van der Waals surface area contributed by atoms with Crippen LogP contribution in [-0.2, 0) is 19.9 Å². The van der Waals surface area contributed by atoms with E-state index in [1.54, 1.807) is 6.07 Å². The van der Waals surface area contributed by atoms with Crippen LogP contribution in [0.2, 0.25) is 0 Å². The summed E-state index contributed by atoms with van der Waals surface area (Å²) in [6.07, 6.45) is -4.07. The fourth-order valence-electron chi connectivity index (χ4n) is 5.60. The molecule has 3 fully saturated rings. The summed E-state index contributed by atoms with van der Waals surface area (Å²) in [4.78, 5) is 13.2. The zero-order valence-electron chi connectivity index (χ0n) is 17.9. The number of carbonyl (C=O) groups is 1. The summed E-state index contributed by atoms with van der Waals surface area (Å²) in [6, 6.07) is 16.6. The smallest absolute Gasteiger partial charge is 0.432 e. The van der Waals surface area contributed by atoms with E-state index in [1.807, 2.05) is 30.3 Å². The lowest BCUT2D eigenvalue weighted by Gasteiger charge is -2.62. The van der Waals surface area contributed by atoms with Gasteiger partial charge in [0.2, 0.25) is 0 Å².